The van der Waals surface area contributed by atoms with Gasteiger partial charge in [0.1, 0.15) is 0 Å². The van der Waals surface area contributed by atoms with Crippen molar-refractivity contribution in [1.82, 2.24) is 24.9 Å². The molecule has 1 N–H and O–H groups in total. The Morgan fingerprint density at radius 1 is 1.32 bits per heavy atom. The molecule has 3 fully saturated rings. The van der Waals surface area contributed by atoms with Gasteiger partial charge in [-0.25, -0.2) is 0 Å². The molecule has 0 saturated carbocycles. The first kappa shape index (κ1) is 15.0. The smallest absolute Gasteiger partial charge is 0.180 e. The van der Waals surface area contributed by atoms with Crippen molar-refractivity contribution in [3.8, 4) is 0 Å². The molecule has 0 radical (unpaired) electrons. The molecule has 2 bridgehead atoms. The first-order valence-corrected chi connectivity index (χ1v) is 8.90. The summed E-state index contributed by atoms with van der Waals surface area (Å²) < 4.78 is 1.73. The summed E-state index contributed by atoms with van der Waals surface area (Å²) in [4.78, 5) is 2.43. The fourth-order valence-electron chi connectivity index (χ4n) is 4.73. The number of aliphatic hydroxyl groups is 1. The molecule has 0 amide bonds. The predicted octanol–water partition coefficient (Wildman–Crippen LogP) is 2.21. The molecule has 3 aliphatic heterocycles. The highest BCUT2D eigenvalue weighted by molar-refractivity contribution is 5.85. The van der Waals surface area contributed by atoms with Crippen molar-refractivity contribution >= 4 is 16.6 Å². The van der Waals surface area contributed by atoms with E-state index in [1.807, 2.05) is 30.3 Å². The molecule has 3 saturated heterocycles. The number of fused-ring (bicyclic) bond motifs is 6. The molecule has 3 aliphatic rings. The molecule has 0 aliphatic carbocycles. The maximum absolute atomic E-state index is 11.3. The Labute approximate surface area is 145 Å². The standard InChI is InChI=1S/C19H21N5O/c1-2-12-11-23-8-7-13(12)9-17(23)19(25)15-10-18-20-21-22-24(18)16-6-4-3-5-14(15)16/h2-6,10,12-13,17,19,25H,1,7-9,11H2/t12-,13-,17-,19+/m0/s1. The molecule has 6 heteroatoms. The number of piperidine rings is 3. The van der Waals surface area contributed by atoms with Crippen LogP contribution in [-0.4, -0.2) is 49.2 Å². The van der Waals surface area contributed by atoms with Gasteiger partial charge in [0, 0.05) is 18.0 Å². The number of aromatic nitrogens is 4. The Morgan fingerprint density at radius 2 is 2.20 bits per heavy atom. The minimum atomic E-state index is -0.542. The lowest BCUT2D eigenvalue weighted by Gasteiger charge is -2.50. The lowest BCUT2D eigenvalue weighted by Crippen LogP contribution is -2.54. The summed E-state index contributed by atoms with van der Waals surface area (Å²) in [5.41, 5.74) is 2.53. The molecule has 0 spiro atoms. The summed E-state index contributed by atoms with van der Waals surface area (Å²) in [7, 11) is 0. The van der Waals surface area contributed by atoms with E-state index in [1.165, 1.54) is 6.42 Å². The number of rotatable bonds is 3. The van der Waals surface area contributed by atoms with E-state index in [0.29, 0.717) is 17.5 Å². The van der Waals surface area contributed by atoms with E-state index in [2.05, 4.69) is 33.1 Å². The number of para-hydroxylation sites is 1. The minimum absolute atomic E-state index is 0.150. The fraction of sp³-hybridized carbons (Fsp3) is 0.421. The molecule has 128 valence electrons. The second-order valence-electron chi connectivity index (χ2n) is 7.26. The third-order valence-electron chi connectivity index (χ3n) is 6.06. The summed E-state index contributed by atoms with van der Waals surface area (Å²) >= 11 is 0. The highest BCUT2D eigenvalue weighted by Gasteiger charge is 2.42. The normalized spacial score (nSPS) is 30.0. The van der Waals surface area contributed by atoms with Gasteiger partial charge < -0.3 is 5.11 Å². The van der Waals surface area contributed by atoms with Gasteiger partial charge in [0.15, 0.2) is 5.65 Å². The minimum Gasteiger partial charge on any atom is -0.387 e. The van der Waals surface area contributed by atoms with Gasteiger partial charge in [-0.2, -0.15) is 4.52 Å². The zero-order valence-corrected chi connectivity index (χ0v) is 14.0. The van der Waals surface area contributed by atoms with Crippen molar-refractivity contribution < 1.29 is 5.11 Å². The lowest BCUT2D eigenvalue weighted by molar-refractivity contribution is -0.0444. The fourth-order valence-corrected chi connectivity index (χ4v) is 4.73. The van der Waals surface area contributed by atoms with Gasteiger partial charge in [-0.15, -0.1) is 11.7 Å². The van der Waals surface area contributed by atoms with E-state index < -0.39 is 6.10 Å². The number of benzene rings is 1. The van der Waals surface area contributed by atoms with E-state index in [9.17, 15) is 5.11 Å². The van der Waals surface area contributed by atoms with Gasteiger partial charge in [0.05, 0.1) is 11.6 Å². The van der Waals surface area contributed by atoms with Gasteiger partial charge >= 0.3 is 0 Å². The van der Waals surface area contributed by atoms with Crippen LogP contribution >= 0.6 is 0 Å². The topological polar surface area (TPSA) is 66.5 Å². The van der Waals surface area contributed by atoms with Crippen LogP contribution in [0.15, 0.2) is 43.0 Å². The number of aliphatic hydroxyl groups excluding tert-OH is 1. The van der Waals surface area contributed by atoms with Gasteiger partial charge in [-0.3, -0.25) is 4.90 Å². The van der Waals surface area contributed by atoms with Crippen molar-refractivity contribution in [3.05, 3.63) is 48.6 Å². The largest absolute Gasteiger partial charge is 0.387 e. The Balaban J connectivity index is 1.59. The summed E-state index contributed by atoms with van der Waals surface area (Å²) in [6.45, 7) is 6.05. The molecule has 1 aromatic carbocycles. The highest BCUT2D eigenvalue weighted by Crippen LogP contribution is 2.42. The molecule has 6 nitrogen and oxygen atoms in total. The van der Waals surface area contributed by atoms with Crippen molar-refractivity contribution in [2.45, 2.75) is 25.0 Å². The molecule has 3 aromatic rings. The molecule has 5 heterocycles. The third-order valence-corrected chi connectivity index (χ3v) is 6.06. The molecule has 25 heavy (non-hydrogen) atoms. The van der Waals surface area contributed by atoms with Crippen LogP contribution in [0.4, 0.5) is 0 Å². The van der Waals surface area contributed by atoms with Crippen molar-refractivity contribution in [3.63, 3.8) is 0 Å². The Hall–Kier alpha value is -2.31. The predicted molar refractivity (Wildman–Crippen MR) is 95.0 cm³/mol. The Morgan fingerprint density at radius 3 is 3.00 bits per heavy atom. The van der Waals surface area contributed by atoms with Crippen LogP contribution in [-0.2, 0) is 0 Å². The number of nitrogens with zero attached hydrogens (tertiary/aromatic N) is 5. The van der Waals surface area contributed by atoms with Crippen LogP contribution in [0.5, 0.6) is 0 Å². The number of pyridine rings is 1. The van der Waals surface area contributed by atoms with Gasteiger partial charge in [-0.05, 0) is 59.3 Å². The van der Waals surface area contributed by atoms with Crippen molar-refractivity contribution in [2.75, 3.05) is 13.1 Å². The van der Waals surface area contributed by atoms with E-state index >= 15 is 0 Å². The summed E-state index contributed by atoms with van der Waals surface area (Å²) in [6.07, 6.45) is 3.76. The van der Waals surface area contributed by atoms with E-state index in [0.717, 1.165) is 36.0 Å². The monoisotopic (exact) mass is 335 g/mol. The molecular formula is C19H21N5O. The summed E-state index contributed by atoms with van der Waals surface area (Å²) in [5.74, 6) is 1.18. The zero-order valence-electron chi connectivity index (χ0n) is 14.0. The van der Waals surface area contributed by atoms with Gasteiger partial charge in [-0.1, -0.05) is 24.3 Å². The van der Waals surface area contributed by atoms with Crippen molar-refractivity contribution in [1.29, 1.82) is 0 Å². The Kier molecular flexibility index (Phi) is 3.36. The average Bonchev–Trinajstić information content (AvgIpc) is 3.16. The second kappa shape index (κ2) is 5.61. The Bertz CT molecular complexity index is 951. The zero-order chi connectivity index (χ0) is 17.0. The highest BCUT2D eigenvalue weighted by atomic mass is 16.3. The van der Waals surface area contributed by atoms with Gasteiger partial charge in [0.2, 0.25) is 0 Å². The number of tetrazole rings is 1. The van der Waals surface area contributed by atoms with E-state index in [4.69, 9.17) is 0 Å². The first-order valence-electron chi connectivity index (χ1n) is 8.90. The van der Waals surface area contributed by atoms with Crippen LogP contribution in [0, 0.1) is 11.8 Å². The average molecular weight is 335 g/mol. The maximum atomic E-state index is 11.3. The quantitative estimate of drug-likeness (QED) is 0.743. The van der Waals surface area contributed by atoms with Crippen molar-refractivity contribution in [2.24, 2.45) is 11.8 Å². The molecule has 1 unspecified atom stereocenters. The maximum Gasteiger partial charge on any atom is 0.180 e. The number of hydrogen-bond acceptors (Lipinski definition) is 5. The van der Waals surface area contributed by atoms with Crippen LogP contribution in [0.25, 0.3) is 16.6 Å². The molecular weight excluding hydrogens is 314 g/mol. The van der Waals surface area contributed by atoms with E-state index in [-0.39, 0.29) is 6.04 Å². The summed E-state index contributed by atoms with van der Waals surface area (Å²) in [6, 6.07) is 10.1. The van der Waals surface area contributed by atoms with Crippen LogP contribution in [0.3, 0.4) is 0 Å². The van der Waals surface area contributed by atoms with E-state index in [1.54, 1.807) is 4.52 Å². The van der Waals surface area contributed by atoms with Crippen LogP contribution in [0.1, 0.15) is 24.5 Å². The van der Waals surface area contributed by atoms with Crippen LogP contribution in [0.2, 0.25) is 0 Å². The second-order valence-corrected chi connectivity index (χ2v) is 7.26. The van der Waals surface area contributed by atoms with Gasteiger partial charge in [0.25, 0.3) is 0 Å². The molecule has 5 atom stereocenters. The first-order chi connectivity index (χ1) is 12.3. The third kappa shape index (κ3) is 2.21. The summed E-state index contributed by atoms with van der Waals surface area (Å²) in [5, 5.41) is 24.2. The number of hydrogen-bond donors (Lipinski definition) is 1. The lowest BCUT2D eigenvalue weighted by atomic mass is 9.73. The molecule has 6 rings (SSSR count). The molecule has 2 aromatic heterocycles. The van der Waals surface area contributed by atoms with Crippen LogP contribution < -0.4 is 0 Å². The SMILES string of the molecule is C=C[C@H]1CN2CC[C@H]1C[C@H]2[C@H](O)c1cc2nnnn2c2ccccc12.